The van der Waals surface area contributed by atoms with Crippen molar-refractivity contribution in [3.05, 3.63) is 22.7 Å². The van der Waals surface area contributed by atoms with Gasteiger partial charge < -0.3 is 10.8 Å². The van der Waals surface area contributed by atoms with Gasteiger partial charge in [-0.15, -0.1) is 11.8 Å². The summed E-state index contributed by atoms with van der Waals surface area (Å²) in [4.78, 5) is 12.0. The van der Waals surface area contributed by atoms with Gasteiger partial charge in [-0.1, -0.05) is 0 Å². The molecule has 0 aliphatic heterocycles. The second-order valence-corrected chi connectivity index (χ2v) is 5.94. The van der Waals surface area contributed by atoms with Crippen LogP contribution in [-0.4, -0.2) is 16.3 Å². The Labute approximate surface area is 107 Å². The van der Waals surface area contributed by atoms with E-state index in [9.17, 15) is 4.79 Å². The molecule has 3 N–H and O–H groups in total. The molecular weight excluding hydrogens is 290 g/mol. The molecule has 0 bridgehead atoms. The molecule has 0 radical (unpaired) electrons. The number of thioether (sulfide) groups is 1. The molecule has 1 unspecified atom stereocenters. The van der Waals surface area contributed by atoms with Gasteiger partial charge in [0.1, 0.15) is 5.25 Å². The lowest BCUT2D eigenvalue weighted by Gasteiger charge is -2.12. The number of rotatable bonds is 4. The van der Waals surface area contributed by atoms with Crippen molar-refractivity contribution in [2.75, 3.05) is 5.73 Å². The summed E-state index contributed by atoms with van der Waals surface area (Å²) >= 11 is 4.80. The highest BCUT2D eigenvalue weighted by Crippen LogP contribution is 2.43. The highest BCUT2D eigenvalue weighted by Gasteiger charge is 2.37. The maximum Gasteiger partial charge on any atom is 0.317 e. The Morgan fingerprint density at radius 2 is 2.25 bits per heavy atom. The molecule has 2 rings (SSSR count). The van der Waals surface area contributed by atoms with Crippen LogP contribution >= 0.6 is 27.7 Å². The number of nitrogens with two attached hydrogens (primary N) is 1. The Balaban J connectivity index is 2.15. The van der Waals surface area contributed by atoms with Crippen molar-refractivity contribution in [1.29, 1.82) is 0 Å². The smallest absolute Gasteiger partial charge is 0.317 e. The number of anilines is 1. The maximum atomic E-state index is 11.1. The first-order valence-electron chi connectivity index (χ1n) is 5.02. The van der Waals surface area contributed by atoms with Crippen LogP contribution in [0.5, 0.6) is 0 Å². The number of carbonyl (C=O) groups is 1. The molecule has 1 atom stereocenters. The average Bonchev–Trinajstić information content (AvgIpc) is 2.99. The highest BCUT2D eigenvalue weighted by molar-refractivity contribution is 9.10. The number of hydrogen-bond donors (Lipinski definition) is 2. The summed E-state index contributed by atoms with van der Waals surface area (Å²) in [5.41, 5.74) is 6.31. The fourth-order valence-corrected chi connectivity index (χ4v) is 3.33. The molecule has 86 valence electrons. The zero-order valence-electron chi connectivity index (χ0n) is 8.52. The van der Waals surface area contributed by atoms with Gasteiger partial charge in [0.15, 0.2) is 0 Å². The first-order valence-corrected chi connectivity index (χ1v) is 6.69. The zero-order valence-corrected chi connectivity index (χ0v) is 10.9. The van der Waals surface area contributed by atoms with Crippen molar-refractivity contribution in [3.8, 4) is 0 Å². The van der Waals surface area contributed by atoms with E-state index < -0.39 is 5.97 Å². The fraction of sp³-hybridized carbons (Fsp3) is 0.364. The van der Waals surface area contributed by atoms with Crippen LogP contribution < -0.4 is 5.73 Å². The van der Waals surface area contributed by atoms with E-state index in [1.54, 1.807) is 12.1 Å². The predicted molar refractivity (Wildman–Crippen MR) is 68.6 cm³/mol. The molecule has 0 amide bonds. The Morgan fingerprint density at radius 3 is 2.75 bits per heavy atom. The summed E-state index contributed by atoms with van der Waals surface area (Å²) in [5.74, 6) is -0.400. The first-order chi connectivity index (χ1) is 7.58. The number of carboxylic acids is 1. The second kappa shape index (κ2) is 4.67. The Bertz CT molecular complexity index is 420. The fourth-order valence-electron chi connectivity index (χ4n) is 1.50. The topological polar surface area (TPSA) is 63.3 Å². The Hall–Kier alpha value is -0.680. The van der Waals surface area contributed by atoms with Gasteiger partial charge in [0.25, 0.3) is 0 Å². The summed E-state index contributed by atoms with van der Waals surface area (Å²) in [6.07, 6.45) is 2.05. The normalized spacial score (nSPS) is 17.1. The minimum Gasteiger partial charge on any atom is -0.480 e. The van der Waals surface area contributed by atoms with Crippen molar-refractivity contribution in [1.82, 2.24) is 0 Å². The van der Waals surface area contributed by atoms with Crippen LogP contribution in [0.2, 0.25) is 0 Å². The SMILES string of the molecule is Nc1ccc(SC(C(=O)O)C2CC2)c(Br)c1. The highest BCUT2D eigenvalue weighted by atomic mass is 79.9. The van der Waals surface area contributed by atoms with Gasteiger partial charge in [0.05, 0.1) is 0 Å². The van der Waals surface area contributed by atoms with E-state index in [1.165, 1.54) is 11.8 Å². The van der Waals surface area contributed by atoms with Crippen LogP contribution in [0.1, 0.15) is 12.8 Å². The monoisotopic (exact) mass is 301 g/mol. The van der Waals surface area contributed by atoms with E-state index in [2.05, 4.69) is 15.9 Å². The van der Waals surface area contributed by atoms with Crippen LogP contribution in [0.4, 0.5) is 5.69 Å². The van der Waals surface area contributed by atoms with E-state index in [-0.39, 0.29) is 5.25 Å². The standard InChI is InChI=1S/C11H12BrNO2S/c12-8-5-7(13)3-4-9(8)16-10(11(14)15)6-1-2-6/h3-6,10H,1-2,13H2,(H,14,15). The third-order valence-corrected chi connectivity index (χ3v) is 4.87. The molecule has 1 aliphatic carbocycles. The van der Waals surface area contributed by atoms with Crippen LogP contribution in [0, 0.1) is 5.92 Å². The van der Waals surface area contributed by atoms with Gasteiger partial charge in [-0.2, -0.15) is 0 Å². The summed E-state index contributed by atoms with van der Waals surface area (Å²) in [5, 5.41) is 8.80. The molecule has 1 aromatic rings. The van der Waals surface area contributed by atoms with Gasteiger partial charge >= 0.3 is 5.97 Å². The lowest BCUT2D eigenvalue weighted by atomic mass is 10.3. The lowest BCUT2D eigenvalue weighted by Crippen LogP contribution is -2.18. The van der Waals surface area contributed by atoms with Crippen LogP contribution in [-0.2, 0) is 4.79 Å². The molecule has 0 saturated heterocycles. The molecule has 1 fully saturated rings. The van der Waals surface area contributed by atoms with E-state index in [0.29, 0.717) is 11.6 Å². The number of nitrogen functional groups attached to an aromatic ring is 1. The van der Waals surface area contributed by atoms with Gasteiger partial charge in [-0.25, -0.2) is 0 Å². The quantitative estimate of drug-likeness (QED) is 0.663. The third-order valence-electron chi connectivity index (χ3n) is 2.50. The molecule has 3 nitrogen and oxygen atoms in total. The molecule has 5 heteroatoms. The molecule has 1 saturated carbocycles. The summed E-state index contributed by atoms with van der Waals surface area (Å²) < 4.78 is 0.865. The van der Waals surface area contributed by atoms with Crippen molar-refractivity contribution >= 4 is 39.3 Å². The molecule has 1 aliphatic rings. The number of halogens is 1. The molecule has 16 heavy (non-hydrogen) atoms. The molecule has 1 aromatic carbocycles. The first kappa shape index (κ1) is 11.8. The maximum absolute atomic E-state index is 11.1. The molecule has 0 aromatic heterocycles. The molecule has 0 heterocycles. The van der Waals surface area contributed by atoms with Gasteiger partial charge in [-0.05, 0) is 52.9 Å². The summed E-state index contributed by atoms with van der Waals surface area (Å²) in [7, 11) is 0. The number of hydrogen-bond acceptors (Lipinski definition) is 3. The van der Waals surface area contributed by atoms with E-state index in [1.807, 2.05) is 6.07 Å². The number of aliphatic carboxylic acids is 1. The Morgan fingerprint density at radius 1 is 1.56 bits per heavy atom. The van der Waals surface area contributed by atoms with Crippen LogP contribution in [0.15, 0.2) is 27.6 Å². The third kappa shape index (κ3) is 2.71. The van der Waals surface area contributed by atoms with Crippen LogP contribution in [0.25, 0.3) is 0 Å². The van der Waals surface area contributed by atoms with Crippen molar-refractivity contribution < 1.29 is 9.90 Å². The van der Waals surface area contributed by atoms with Crippen LogP contribution in [0.3, 0.4) is 0 Å². The van der Waals surface area contributed by atoms with Crippen molar-refractivity contribution in [3.63, 3.8) is 0 Å². The predicted octanol–water partition coefficient (Wildman–Crippen LogP) is 2.99. The largest absolute Gasteiger partial charge is 0.480 e. The van der Waals surface area contributed by atoms with Crippen molar-refractivity contribution in [2.45, 2.75) is 23.0 Å². The molecule has 0 spiro atoms. The summed E-state index contributed by atoms with van der Waals surface area (Å²) in [6, 6.07) is 5.45. The molecular formula is C11H12BrNO2S. The van der Waals surface area contributed by atoms with Gasteiger partial charge in [-0.3, -0.25) is 4.79 Å². The minimum absolute atomic E-state index is 0.326. The van der Waals surface area contributed by atoms with E-state index in [4.69, 9.17) is 10.8 Å². The second-order valence-electron chi connectivity index (χ2n) is 3.90. The van der Waals surface area contributed by atoms with Gasteiger partial charge in [0.2, 0.25) is 0 Å². The van der Waals surface area contributed by atoms with E-state index in [0.717, 1.165) is 22.2 Å². The minimum atomic E-state index is -0.726. The lowest BCUT2D eigenvalue weighted by molar-refractivity contribution is -0.136. The average molecular weight is 302 g/mol. The Kier molecular flexibility index (Phi) is 3.44. The zero-order chi connectivity index (χ0) is 11.7. The van der Waals surface area contributed by atoms with Gasteiger partial charge in [0, 0.05) is 15.1 Å². The number of benzene rings is 1. The van der Waals surface area contributed by atoms with Crippen molar-refractivity contribution in [2.24, 2.45) is 5.92 Å². The van der Waals surface area contributed by atoms with E-state index >= 15 is 0 Å². The summed E-state index contributed by atoms with van der Waals surface area (Å²) in [6.45, 7) is 0. The number of carboxylic acid groups (broad SMARTS) is 1.